The first-order chi connectivity index (χ1) is 5.99. The molecule has 0 aliphatic rings. The van der Waals surface area contributed by atoms with Gasteiger partial charge in [0.15, 0.2) is 0 Å². The molecule has 0 aromatic rings. The lowest BCUT2D eigenvalue weighted by atomic mass is 10.1. The van der Waals surface area contributed by atoms with Gasteiger partial charge in [-0.2, -0.15) is 0 Å². The van der Waals surface area contributed by atoms with E-state index in [-0.39, 0.29) is 0 Å². The molecule has 0 saturated heterocycles. The van der Waals surface area contributed by atoms with E-state index in [2.05, 4.69) is 39.6 Å². The maximum absolute atomic E-state index is 5.78. The Labute approximate surface area is 83.5 Å². The van der Waals surface area contributed by atoms with Gasteiger partial charge in [0.2, 0.25) is 0 Å². The van der Waals surface area contributed by atoms with E-state index in [1.54, 1.807) is 0 Å². The average Bonchev–Trinajstić information content (AvgIpc) is 2.02. The van der Waals surface area contributed by atoms with Crippen molar-refractivity contribution in [3.63, 3.8) is 0 Å². The quantitative estimate of drug-likeness (QED) is 0.689. The minimum absolute atomic E-state index is 0.311. The molecular weight excluding hydrogens is 160 g/mol. The Kier molecular flexibility index (Phi) is 6.35. The highest BCUT2D eigenvalue weighted by atomic mass is 15.1. The second-order valence-corrected chi connectivity index (χ2v) is 4.37. The van der Waals surface area contributed by atoms with Gasteiger partial charge in [-0.15, -0.1) is 0 Å². The van der Waals surface area contributed by atoms with Crippen LogP contribution >= 0.6 is 0 Å². The Morgan fingerprint density at radius 3 is 2.08 bits per heavy atom. The summed E-state index contributed by atoms with van der Waals surface area (Å²) in [6.45, 7) is 8.87. The fourth-order valence-corrected chi connectivity index (χ4v) is 1.76. The summed E-state index contributed by atoms with van der Waals surface area (Å²) in [4.78, 5) is 2.44. The van der Waals surface area contributed by atoms with Crippen LogP contribution in [-0.2, 0) is 0 Å². The second kappa shape index (κ2) is 6.39. The van der Waals surface area contributed by atoms with Crippen LogP contribution in [0.4, 0.5) is 0 Å². The van der Waals surface area contributed by atoms with E-state index in [0.29, 0.717) is 18.1 Å². The van der Waals surface area contributed by atoms with Crippen molar-refractivity contribution in [2.24, 2.45) is 5.73 Å². The van der Waals surface area contributed by atoms with Crippen molar-refractivity contribution in [1.82, 2.24) is 4.90 Å². The molecule has 80 valence electrons. The summed E-state index contributed by atoms with van der Waals surface area (Å²) in [6, 6.07) is 1.59. The van der Waals surface area contributed by atoms with Gasteiger partial charge in [-0.25, -0.2) is 0 Å². The number of nitrogens with two attached hydrogens (primary N) is 1. The highest BCUT2D eigenvalue weighted by Gasteiger charge is 2.15. The monoisotopic (exact) mass is 186 g/mol. The largest absolute Gasteiger partial charge is 0.328 e. The van der Waals surface area contributed by atoms with E-state index >= 15 is 0 Å². The van der Waals surface area contributed by atoms with Crippen molar-refractivity contribution in [2.75, 3.05) is 7.05 Å². The average molecular weight is 186 g/mol. The second-order valence-electron chi connectivity index (χ2n) is 4.37. The number of nitrogens with zero attached hydrogens (tertiary/aromatic N) is 1. The summed E-state index contributed by atoms with van der Waals surface area (Å²) >= 11 is 0. The van der Waals surface area contributed by atoms with Crippen LogP contribution in [-0.4, -0.2) is 30.1 Å². The molecule has 0 aromatic heterocycles. The van der Waals surface area contributed by atoms with Gasteiger partial charge in [-0.1, -0.05) is 13.3 Å². The molecule has 0 bridgehead atoms. The Hall–Kier alpha value is -0.0800. The minimum Gasteiger partial charge on any atom is -0.328 e. The first-order valence-corrected chi connectivity index (χ1v) is 5.46. The standard InChI is InChI=1S/C11H26N2/c1-6-7-10(3)13(5)11(4)8-9(2)12/h9-11H,6-8,12H2,1-5H3. The molecular formula is C11H26N2. The van der Waals surface area contributed by atoms with Crippen molar-refractivity contribution in [3.05, 3.63) is 0 Å². The molecule has 3 unspecified atom stereocenters. The Balaban J connectivity index is 3.85. The van der Waals surface area contributed by atoms with Gasteiger partial charge in [0, 0.05) is 18.1 Å². The molecule has 3 atom stereocenters. The van der Waals surface area contributed by atoms with Crippen molar-refractivity contribution >= 4 is 0 Å². The third-order valence-corrected chi connectivity index (χ3v) is 2.81. The minimum atomic E-state index is 0.311. The summed E-state index contributed by atoms with van der Waals surface area (Å²) in [5.74, 6) is 0. The van der Waals surface area contributed by atoms with Crippen LogP contribution in [0.3, 0.4) is 0 Å². The maximum Gasteiger partial charge on any atom is 0.00813 e. The molecule has 0 rings (SSSR count). The smallest absolute Gasteiger partial charge is 0.00813 e. The number of hydrogen-bond acceptors (Lipinski definition) is 2. The molecule has 0 heterocycles. The van der Waals surface area contributed by atoms with Crippen LogP contribution in [0, 0.1) is 0 Å². The van der Waals surface area contributed by atoms with Gasteiger partial charge >= 0.3 is 0 Å². The van der Waals surface area contributed by atoms with Gasteiger partial charge in [0.1, 0.15) is 0 Å². The van der Waals surface area contributed by atoms with Crippen LogP contribution in [0.5, 0.6) is 0 Å². The Morgan fingerprint density at radius 1 is 1.15 bits per heavy atom. The highest BCUT2D eigenvalue weighted by Crippen LogP contribution is 2.11. The zero-order chi connectivity index (χ0) is 10.4. The lowest BCUT2D eigenvalue weighted by molar-refractivity contribution is 0.173. The van der Waals surface area contributed by atoms with E-state index in [4.69, 9.17) is 5.73 Å². The zero-order valence-corrected chi connectivity index (χ0v) is 9.88. The van der Waals surface area contributed by atoms with Crippen LogP contribution in [0.1, 0.15) is 47.0 Å². The summed E-state index contributed by atoms with van der Waals surface area (Å²) in [5, 5.41) is 0. The molecule has 0 fully saturated rings. The fourth-order valence-electron chi connectivity index (χ4n) is 1.76. The van der Waals surface area contributed by atoms with Crippen molar-refractivity contribution in [2.45, 2.75) is 65.1 Å². The molecule has 0 saturated carbocycles. The van der Waals surface area contributed by atoms with Crippen LogP contribution in [0.2, 0.25) is 0 Å². The van der Waals surface area contributed by atoms with Crippen LogP contribution < -0.4 is 5.73 Å². The van der Waals surface area contributed by atoms with Crippen molar-refractivity contribution in [3.8, 4) is 0 Å². The SMILES string of the molecule is CCCC(C)N(C)C(C)CC(C)N. The molecule has 2 nitrogen and oxygen atoms in total. The first kappa shape index (κ1) is 12.9. The van der Waals surface area contributed by atoms with Gasteiger partial charge < -0.3 is 10.6 Å². The van der Waals surface area contributed by atoms with E-state index in [1.807, 2.05) is 0 Å². The van der Waals surface area contributed by atoms with E-state index in [1.165, 1.54) is 12.8 Å². The highest BCUT2D eigenvalue weighted by molar-refractivity contribution is 4.72. The summed E-state index contributed by atoms with van der Waals surface area (Å²) in [6.07, 6.45) is 3.63. The molecule has 0 aliphatic carbocycles. The Bertz CT molecular complexity index is 123. The topological polar surface area (TPSA) is 29.3 Å². The maximum atomic E-state index is 5.78. The molecule has 0 spiro atoms. The van der Waals surface area contributed by atoms with E-state index in [9.17, 15) is 0 Å². The molecule has 0 amide bonds. The number of hydrogen-bond donors (Lipinski definition) is 1. The van der Waals surface area contributed by atoms with E-state index < -0.39 is 0 Å². The van der Waals surface area contributed by atoms with Crippen molar-refractivity contribution < 1.29 is 0 Å². The van der Waals surface area contributed by atoms with Gasteiger partial charge in [-0.3, -0.25) is 0 Å². The number of rotatable bonds is 6. The lowest BCUT2D eigenvalue weighted by Crippen LogP contribution is -2.39. The predicted octanol–water partition coefficient (Wildman–Crippen LogP) is 2.23. The molecule has 2 N–H and O–H groups in total. The predicted molar refractivity (Wildman–Crippen MR) is 59.9 cm³/mol. The first-order valence-electron chi connectivity index (χ1n) is 5.46. The van der Waals surface area contributed by atoms with Crippen LogP contribution in [0.25, 0.3) is 0 Å². The third kappa shape index (κ3) is 5.27. The molecule has 0 aliphatic heterocycles. The zero-order valence-electron chi connectivity index (χ0n) is 9.88. The fraction of sp³-hybridized carbons (Fsp3) is 1.00. The summed E-state index contributed by atoms with van der Waals surface area (Å²) in [7, 11) is 2.20. The Morgan fingerprint density at radius 2 is 1.69 bits per heavy atom. The molecule has 13 heavy (non-hydrogen) atoms. The molecule has 0 radical (unpaired) electrons. The van der Waals surface area contributed by atoms with Crippen molar-refractivity contribution in [1.29, 1.82) is 0 Å². The normalized spacial score (nSPS) is 18.7. The lowest BCUT2D eigenvalue weighted by Gasteiger charge is -2.31. The third-order valence-electron chi connectivity index (χ3n) is 2.81. The van der Waals surface area contributed by atoms with Gasteiger partial charge in [0.25, 0.3) is 0 Å². The summed E-state index contributed by atoms with van der Waals surface area (Å²) < 4.78 is 0. The van der Waals surface area contributed by atoms with Crippen LogP contribution in [0.15, 0.2) is 0 Å². The van der Waals surface area contributed by atoms with Gasteiger partial charge in [-0.05, 0) is 40.7 Å². The summed E-state index contributed by atoms with van der Waals surface area (Å²) in [5.41, 5.74) is 5.78. The molecule has 2 heteroatoms. The molecule has 0 aromatic carbocycles. The van der Waals surface area contributed by atoms with Gasteiger partial charge in [0.05, 0.1) is 0 Å². The van der Waals surface area contributed by atoms with E-state index in [0.717, 1.165) is 6.42 Å².